The molecule has 2 rings (SSSR count). The first-order chi connectivity index (χ1) is 11.5. The molecular formula is C19H27ClN2O2. The van der Waals surface area contributed by atoms with Gasteiger partial charge in [0.05, 0.1) is 13.4 Å². The maximum absolute atomic E-state index is 5.79. The molecule has 1 aromatic rings. The van der Waals surface area contributed by atoms with Crippen LogP contribution in [-0.2, 0) is 4.74 Å². The van der Waals surface area contributed by atoms with Gasteiger partial charge in [-0.25, -0.2) is 0 Å². The molecule has 1 atom stereocenters. The minimum atomic E-state index is 0.622. The van der Waals surface area contributed by atoms with Crippen molar-refractivity contribution in [2.24, 2.45) is 5.92 Å². The van der Waals surface area contributed by atoms with E-state index in [0.717, 1.165) is 35.6 Å². The number of halogens is 1. The van der Waals surface area contributed by atoms with Crippen LogP contribution in [0.25, 0.3) is 0 Å². The Balaban J connectivity index is 0.000000648. The Morgan fingerprint density at radius 2 is 2.08 bits per heavy atom. The van der Waals surface area contributed by atoms with E-state index in [-0.39, 0.29) is 0 Å². The van der Waals surface area contributed by atoms with Crippen LogP contribution >= 0.6 is 11.6 Å². The fraction of sp³-hybridized carbons (Fsp3) is 0.421. The summed E-state index contributed by atoms with van der Waals surface area (Å²) in [6.07, 6.45) is 6.25. The lowest BCUT2D eigenvalue weighted by atomic mass is 10.2. The zero-order valence-corrected chi connectivity index (χ0v) is 15.7. The molecule has 1 aliphatic rings. The summed E-state index contributed by atoms with van der Waals surface area (Å²) in [5.74, 6) is 3.12. The van der Waals surface area contributed by atoms with E-state index in [2.05, 4.69) is 28.1 Å². The monoisotopic (exact) mass is 350 g/mol. The van der Waals surface area contributed by atoms with E-state index in [1.54, 1.807) is 7.11 Å². The van der Waals surface area contributed by atoms with Gasteiger partial charge < -0.3 is 14.4 Å². The van der Waals surface area contributed by atoms with Gasteiger partial charge in [-0.3, -0.25) is 0 Å². The molecule has 0 N–H and O–H groups in total. The van der Waals surface area contributed by atoms with Crippen LogP contribution in [0.5, 0.6) is 5.88 Å². The molecule has 0 aliphatic carbocycles. The zero-order chi connectivity index (χ0) is 17.9. The van der Waals surface area contributed by atoms with E-state index in [1.807, 2.05) is 44.2 Å². The fourth-order valence-electron chi connectivity index (χ4n) is 2.21. The minimum absolute atomic E-state index is 0.622. The second kappa shape index (κ2) is 10.8. The summed E-state index contributed by atoms with van der Waals surface area (Å²) in [6, 6.07) is 5.89. The third-order valence-electron chi connectivity index (χ3n) is 3.44. The molecular weight excluding hydrogens is 324 g/mol. The van der Waals surface area contributed by atoms with Crippen LogP contribution < -0.4 is 9.64 Å². The first kappa shape index (κ1) is 20.1. The van der Waals surface area contributed by atoms with E-state index < -0.39 is 0 Å². The third kappa shape index (κ3) is 7.55. The van der Waals surface area contributed by atoms with Crippen LogP contribution in [0.15, 0.2) is 54.0 Å². The second-order valence-corrected chi connectivity index (χ2v) is 6.31. The Kier molecular flexibility index (Phi) is 9.02. The lowest BCUT2D eigenvalue weighted by Gasteiger charge is -2.17. The standard InChI is InChI=1S/C16H21ClN2O.C3H6O/c1-12-9-10-19(11-12)15-5-4-6-16(18-15)20-14(3)8-7-13(2)17;1-3-4-2/h4-8,12H,9-11H2,1-3H3;3H,1H2,2H3/b13-7+,14-8+;. The molecule has 1 saturated heterocycles. The summed E-state index contributed by atoms with van der Waals surface area (Å²) in [5, 5.41) is 0.723. The summed E-state index contributed by atoms with van der Waals surface area (Å²) in [6.45, 7) is 11.4. The first-order valence-corrected chi connectivity index (χ1v) is 8.38. The van der Waals surface area contributed by atoms with E-state index >= 15 is 0 Å². The smallest absolute Gasteiger partial charge is 0.220 e. The van der Waals surface area contributed by atoms with Gasteiger partial charge in [-0.05, 0) is 44.4 Å². The molecule has 0 radical (unpaired) electrons. The largest absolute Gasteiger partial charge is 0.505 e. The molecule has 0 aromatic carbocycles. The number of nitrogens with zero attached hydrogens (tertiary/aromatic N) is 2. The van der Waals surface area contributed by atoms with Gasteiger partial charge >= 0.3 is 0 Å². The molecule has 1 unspecified atom stereocenters. The van der Waals surface area contributed by atoms with Crippen LogP contribution in [0, 0.1) is 5.92 Å². The van der Waals surface area contributed by atoms with Crippen molar-refractivity contribution in [1.29, 1.82) is 0 Å². The average Bonchev–Trinajstić information content (AvgIpc) is 3.00. The van der Waals surface area contributed by atoms with Gasteiger partial charge in [0.15, 0.2) is 0 Å². The molecule has 132 valence electrons. The lowest BCUT2D eigenvalue weighted by molar-refractivity contribution is 0.339. The van der Waals surface area contributed by atoms with Crippen LogP contribution in [0.1, 0.15) is 27.2 Å². The van der Waals surface area contributed by atoms with Crippen molar-refractivity contribution in [3.63, 3.8) is 0 Å². The molecule has 2 heterocycles. The number of allylic oxidation sites excluding steroid dienone is 4. The summed E-state index contributed by atoms with van der Waals surface area (Å²) in [5.41, 5.74) is 0. The van der Waals surface area contributed by atoms with Gasteiger partial charge in [0.2, 0.25) is 5.88 Å². The molecule has 0 amide bonds. The van der Waals surface area contributed by atoms with Crippen LogP contribution in [0.4, 0.5) is 5.82 Å². The Bertz CT molecular complexity index is 580. The van der Waals surface area contributed by atoms with Crippen molar-refractivity contribution in [2.75, 3.05) is 25.1 Å². The molecule has 1 fully saturated rings. The lowest BCUT2D eigenvalue weighted by Crippen LogP contribution is -2.20. The highest BCUT2D eigenvalue weighted by atomic mass is 35.5. The van der Waals surface area contributed by atoms with Crippen molar-refractivity contribution in [3.05, 3.63) is 54.0 Å². The van der Waals surface area contributed by atoms with Crippen LogP contribution in [-0.4, -0.2) is 25.2 Å². The van der Waals surface area contributed by atoms with Gasteiger partial charge in [0.1, 0.15) is 11.6 Å². The fourth-order valence-corrected chi connectivity index (χ4v) is 2.27. The highest BCUT2D eigenvalue weighted by Gasteiger charge is 2.19. The molecule has 0 spiro atoms. The molecule has 1 aliphatic heterocycles. The van der Waals surface area contributed by atoms with Crippen molar-refractivity contribution in [1.82, 2.24) is 4.98 Å². The predicted molar refractivity (Wildman–Crippen MR) is 101 cm³/mol. The van der Waals surface area contributed by atoms with E-state index in [0.29, 0.717) is 5.88 Å². The number of methoxy groups -OCH3 is 1. The minimum Gasteiger partial charge on any atom is -0.505 e. The number of rotatable bonds is 5. The van der Waals surface area contributed by atoms with Crippen molar-refractivity contribution < 1.29 is 9.47 Å². The quantitative estimate of drug-likeness (QED) is 0.544. The van der Waals surface area contributed by atoms with Crippen molar-refractivity contribution in [2.45, 2.75) is 27.2 Å². The molecule has 4 nitrogen and oxygen atoms in total. The van der Waals surface area contributed by atoms with E-state index in [9.17, 15) is 0 Å². The topological polar surface area (TPSA) is 34.6 Å². The highest BCUT2D eigenvalue weighted by molar-refractivity contribution is 6.29. The van der Waals surface area contributed by atoms with E-state index in [4.69, 9.17) is 16.3 Å². The predicted octanol–water partition coefficient (Wildman–Crippen LogP) is 5.13. The highest BCUT2D eigenvalue weighted by Crippen LogP contribution is 2.24. The molecule has 0 saturated carbocycles. The first-order valence-electron chi connectivity index (χ1n) is 8.00. The third-order valence-corrected chi connectivity index (χ3v) is 3.56. The Hall–Kier alpha value is -1.94. The summed E-state index contributed by atoms with van der Waals surface area (Å²) >= 11 is 5.79. The number of anilines is 1. The maximum Gasteiger partial charge on any atom is 0.220 e. The van der Waals surface area contributed by atoms with Gasteiger partial charge in [-0.15, -0.1) is 0 Å². The van der Waals surface area contributed by atoms with Crippen LogP contribution in [0.3, 0.4) is 0 Å². The number of hydrogen-bond donors (Lipinski definition) is 0. The Labute approximate surface area is 150 Å². The van der Waals surface area contributed by atoms with Gasteiger partial charge in [0, 0.05) is 24.2 Å². The molecule has 5 heteroatoms. The van der Waals surface area contributed by atoms with Gasteiger partial charge in [-0.1, -0.05) is 31.2 Å². The van der Waals surface area contributed by atoms with Gasteiger partial charge in [0.25, 0.3) is 0 Å². The normalized spacial score (nSPS) is 17.9. The molecule has 1 aromatic heterocycles. The number of hydrogen-bond acceptors (Lipinski definition) is 4. The SMILES string of the molecule is C/C(Cl)=C\C=C(/C)Oc1cccc(N2CCC(C)C2)n1.C=COC. The maximum atomic E-state index is 5.79. The summed E-state index contributed by atoms with van der Waals surface area (Å²) in [7, 11) is 1.56. The Morgan fingerprint density at radius 3 is 2.62 bits per heavy atom. The molecule has 24 heavy (non-hydrogen) atoms. The van der Waals surface area contributed by atoms with Crippen molar-refractivity contribution in [3.8, 4) is 5.88 Å². The average molecular weight is 351 g/mol. The van der Waals surface area contributed by atoms with Crippen LogP contribution in [0.2, 0.25) is 0 Å². The van der Waals surface area contributed by atoms with Gasteiger partial charge in [-0.2, -0.15) is 4.98 Å². The Morgan fingerprint density at radius 1 is 1.38 bits per heavy atom. The zero-order valence-electron chi connectivity index (χ0n) is 15.0. The summed E-state index contributed by atoms with van der Waals surface area (Å²) in [4.78, 5) is 6.87. The van der Waals surface area contributed by atoms with E-state index in [1.165, 1.54) is 12.7 Å². The second-order valence-electron chi connectivity index (χ2n) is 5.71. The molecule has 0 bridgehead atoms. The van der Waals surface area contributed by atoms with Crippen molar-refractivity contribution >= 4 is 17.4 Å². The number of aromatic nitrogens is 1. The number of ether oxygens (including phenoxy) is 2. The number of pyridine rings is 1. The summed E-state index contributed by atoms with van der Waals surface area (Å²) < 4.78 is 10.0.